The van der Waals surface area contributed by atoms with Crippen molar-refractivity contribution in [2.24, 2.45) is 0 Å². The summed E-state index contributed by atoms with van der Waals surface area (Å²) < 4.78 is 5.63. The van der Waals surface area contributed by atoms with E-state index in [0.29, 0.717) is 0 Å². The quantitative estimate of drug-likeness (QED) is 0.655. The first-order valence-corrected chi connectivity index (χ1v) is 6.74. The Hall–Kier alpha value is -0.730. The Bertz CT molecular complexity index is 296. The van der Waals surface area contributed by atoms with E-state index >= 15 is 0 Å². The summed E-state index contributed by atoms with van der Waals surface area (Å²) in [4.78, 5) is 2.43. The molecule has 1 aromatic carbocycles. The van der Waals surface area contributed by atoms with Crippen LogP contribution in [0.5, 0.6) is 5.75 Å². The Morgan fingerprint density at radius 1 is 1.06 bits per heavy atom. The molecule has 0 unspecified atom stereocenters. The standard InChI is InChI=1S/C14H22ClNO/c1-3-16(4-2)11-5-6-12-17-14-9-7-13(15)8-10-14/h7-10H,3-6,11-12H2,1-2H3. The zero-order valence-corrected chi connectivity index (χ0v) is 11.5. The monoisotopic (exact) mass is 255 g/mol. The first-order chi connectivity index (χ1) is 8.26. The minimum Gasteiger partial charge on any atom is -0.494 e. The fourth-order valence-electron chi connectivity index (χ4n) is 1.70. The van der Waals surface area contributed by atoms with Gasteiger partial charge in [0.15, 0.2) is 0 Å². The van der Waals surface area contributed by atoms with Crippen molar-refractivity contribution >= 4 is 11.6 Å². The lowest BCUT2D eigenvalue weighted by atomic mass is 10.3. The molecule has 0 heterocycles. The first-order valence-electron chi connectivity index (χ1n) is 6.37. The van der Waals surface area contributed by atoms with Gasteiger partial charge in [-0.3, -0.25) is 0 Å². The molecule has 3 heteroatoms. The minimum absolute atomic E-state index is 0.749. The zero-order chi connectivity index (χ0) is 12.5. The summed E-state index contributed by atoms with van der Waals surface area (Å²) >= 11 is 5.80. The Labute approximate surface area is 110 Å². The van der Waals surface area contributed by atoms with Crippen LogP contribution < -0.4 is 4.74 Å². The fourth-order valence-corrected chi connectivity index (χ4v) is 1.82. The van der Waals surface area contributed by atoms with Gasteiger partial charge in [-0.25, -0.2) is 0 Å². The molecule has 0 fully saturated rings. The van der Waals surface area contributed by atoms with Gasteiger partial charge in [-0.1, -0.05) is 25.4 Å². The SMILES string of the molecule is CCN(CC)CCCCOc1ccc(Cl)cc1. The molecule has 0 aromatic heterocycles. The molecule has 2 nitrogen and oxygen atoms in total. The molecule has 96 valence electrons. The molecule has 0 bridgehead atoms. The topological polar surface area (TPSA) is 12.5 Å². The lowest BCUT2D eigenvalue weighted by Gasteiger charge is -2.17. The van der Waals surface area contributed by atoms with E-state index in [-0.39, 0.29) is 0 Å². The molecular formula is C14H22ClNO. The number of halogens is 1. The van der Waals surface area contributed by atoms with E-state index in [1.807, 2.05) is 24.3 Å². The molecule has 0 atom stereocenters. The second-order valence-electron chi connectivity index (χ2n) is 4.04. The minimum atomic E-state index is 0.749. The molecule has 0 saturated heterocycles. The third-order valence-corrected chi connectivity index (χ3v) is 3.10. The highest BCUT2D eigenvalue weighted by Crippen LogP contribution is 2.15. The lowest BCUT2D eigenvalue weighted by Crippen LogP contribution is -2.24. The van der Waals surface area contributed by atoms with Crippen LogP contribution >= 0.6 is 11.6 Å². The number of unbranched alkanes of at least 4 members (excludes halogenated alkanes) is 1. The molecule has 1 rings (SSSR count). The predicted octanol–water partition coefficient (Wildman–Crippen LogP) is 3.84. The molecule has 0 aliphatic heterocycles. The largest absolute Gasteiger partial charge is 0.494 e. The van der Waals surface area contributed by atoms with Crippen LogP contribution in [0.4, 0.5) is 0 Å². The number of hydrogen-bond acceptors (Lipinski definition) is 2. The third kappa shape index (κ3) is 5.94. The van der Waals surface area contributed by atoms with Gasteiger partial charge in [-0.15, -0.1) is 0 Å². The van der Waals surface area contributed by atoms with Gasteiger partial charge in [0, 0.05) is 5.02 Å². The maximum atomic E-state index is 5.80. The second kappa shape index (κ2) is 8.37. The van der Waals surface area contributed by atoms with Crippen LogP contribution in [0.2, 0.25) is 5.02 Å². The molecule has 0 aliphatic rings. The van der Waals surface area contributed by atoms with Gasteiger partial charge in [0.05, 0.1) is 6.61 Å². The molecule has 0 N–H and O–H groups in total. The van der Waals surface area contributed by atoms with Crippen molar-refractivity contribution in [2.75, 3.05) is 26.2 Å². The predicted molar refractivity (Wildman–Crippen MR) is 74.0 cm³/mol. The van der Waals surface area contributed by atoms with Crippen molar-refractivity contribution in [3.05, 3.63) is 29.3 Å². The first kappa shape index (κ1) is 14.3. The highest BCUT2D eigenvalue weighted by Gasteiger charge is 1.98. The summed E-state index contributed by atoms with van der Waals surface area (Å²) in [5.74, 6) is 0.900. The number of rotatable bonds is 8. The van der Waals surface area contributed by atoms with E-state index in [2.05, 4.69) is 18.7 Å². The fraction of sp³-hybridized carbons (Fsp3) is 0.571. The Kier molecular flexibility index (Phi) is 7.06. The van der Waals surface area contributed by atoms with Crippen LogP contribution in [-0.2, 0) is 0 Å². The van der Waals surface area contributed by atoms with Crippen LogP contribution in [0.25, 0.3) is 0 Å². The second-order valence-corrected chi connectivity index (χ2v) is 4.47. The van der Waals surface area contributed by atoms with Crippen LogP contribution in [0.15, 0.2) is 24.3 Å². The van der Waals surface area contributed by atoms with Crippen molar-refractivity contribution < 1.29 is 4.74 Å². The van der Waals surface area contributed by atoms with E-state index in [1.165, 1.54) is 6.42 Å². The summed E-state index contributed by atoms with van der Waals surface area (Å²) in [6.45, 7) is 8.62. The van der Waals surface area contributed by atoms with Crippen molar-refractivity contribution in [2.45, 2.75) is 26.7 Å². The number of nitrogens with zero attached hydrogens (tertiary/aromatic N) is 1. The zero-order valence-electron chi connectivity index (χ0n) is 10.8. The third-order valence-electron chi connectivity index (χ3n) is 2.85. The maximum absolute atomic E-state index is 5.80. The number of ether oxygens (including phenoxy) is 1. The van der Waals surface area contributed by atoms with Crippen LogP contribution in [0, 0.1) is 0 Å². The van der Waals surface area contributed by atoms with E-state index in [4.69, 9.17) is 16.3 Å². The van der Waals surface area contributed by atoms with Crippen molar-refractivity contribution in [3.63, 3.8) is 0 Å². The summed E-state index contributed by atoms with van der Waals surface area (Å²) in [6, 6.07) is 7.53. The summed E-state index contributed by atoms with van der Waals surface area (Å²) in [5.41, 5.74) is 0. The van der Waals surface area contributed by atoms with Crippen LogP contribution in [0.3, 0.4) is 0 Å². The average Bonchev–Trinajstić information content (AvgIpc) is 2.36. The Morgan fingerprint density at radius 2 is 1.71 bits per heavy atom. The van der Waals surface area contributed by atoms with Crippen molar-refractivity contribution in [3.8, 4) is 5.75 Å². The maximum Gasteiger partial charge on any atom is 0.119 e. The number of benzene rings is 1. The molecule has 0 amide bonds. The summed E-state index contributed by atoms with van der Waals surface area (Å²) in [6.07, 6.45) is 2.29. The molecule has 1 aromatic rings. The van der Waals surface area contributed by atoms with Gasteiger partial charge in [-0.05, 0) is 56.7 Å². The van der Waals surface area contributed by atoms with Gasteiger partial charge < -0.3 is 9.64 Å². The molecule has 0 aliphatic carbocycles. The lowest BCUT2D eigenvalue weighted by molar-refractivity contribution is 0.266. The summed E-state index contributed by atoms with van der Waals surface area (Å²) in [7, 11) is 0. The van der Waals surface area contributed by atoms with Gasteiger partial charge in [0.2, 0.25) is 0 Å². The highest BCUT2D eigenvalue weighted by atomic mass is 35.5. The molecule has 0 radical (unpaired) electrons. The smallest absolute Gasteiger partial charge is 0.119 e. The van der Waals surface area contributed by atoms with Gasteiger partial charge >= 0.3 is 0 Å². The molecular weight excluding hydrogens is 234 g/mol. The highest BCUT2D eigenvalue weighted by molar-refractivity contribution is 6.30. The van der Waals surface area contributed by atoms with E-state index in [9.17, 15) is 0 Å². The van der Waals surface area contributed by atoms with Gasteiger partial charge in [0.25, 0.3) is 0 Å². The Balaban J connectivity index is 2.10. The van der Waals surface area contributed by atoms with Gasteiger partial charge in [0.1, 0.15) is 5.75 Å². The normalized spacial score (nSPS) is 10.8. The van der Waals surface area contributed by atoms with E-state index < -0.39 is 0 Å². The van der Waals surface area contributed by atoms with E-state index in [0.717, 1.165) is 43.4 Å². The van der Waals surface area contributed by atoms with Crippen LogP contribution in [-0.4, -0.2) is 31.1 Å². The van der Waals surface area contributed by atoms with Gasteiger partial charge in [-0.2, -0.15) is 0 Å². The van der Waals surface area contributed by atoms with Crippen molar-refractivity contribution in [1.29, 1.82) is 0 Å². The van der Waals surface area contributed by atoms with Crippen LogP contribution in [0.1, 0.15) is 26.7 Å². The Morgan fingerprint density at radius 3 is 2.29 bits per heavy atom. The average molecular weight is 256 g/mol. The van der Waals surface area contributed by atoms with Crippen molar-refractivity contribution in [1.82, 2.24) is 4.90 Å². The molecule has 0 spiro atoms. The molecule has 17 heavy (non-hydrogen) atoms. The summed E-state index contributed by atoms with van der Waals surface area (Å²) in [5, 5.41) is 0.749. The molecule has 0 saturated carbocycles. The van der Waals surface area contributed by atoms with E-state index in [1.54, 1.807) is 0 Å². The number of hydrogen-bond donors (Lipinski definition) is 0.